The van der Waals surface area contributed by atoms with Crippen LogP contribution in [0.3, 0.4) is 0 Å². The molecular formula is C29H31ClN4O2. The predicted molar refractivity (Wildman–Crippen MR) is 143 cm³/mol. The summed E-state index contributed by atoms with van der Waals surface area (Å²) < 4.78 is 5.21. The second kappa shape index (κ2) is 11.2. The Labute approximate surface area is 217 Å². The van der Waals surface area contributed by atoms with Crippen LogP contribution in [0.15, 0.2) is 72.9 Å². The maximum atomic E-state index is 12.6. The highest BCUT2D eigenvalue weighted by Crippen LogP contribution is 2.25. The Bertz CT molecular complexity index is 1250. The maximum Gasteiger partial charge on any atom is 0.230 e. The number of halogens is 1. The number of aryl methyl sites for hydroxylation is 1. The average molecular weight is 503 g/mol. The van der Waals surface area contributed by atoms with Crippen molar-refractivity contribution in [3.8, 4) is 22.4 Å². The molecule has 0 unspecified atom stereocenters. The molecule has 5 rings (SSSR count). The number of nitrogens with one attached hydrogen (secondary N) is 1. The van der Waals surface area contributed by atoms with E-state index in [1.807, 2.05) is 53.6 Å². The van der Waals surface area contributed by atoms with Gasteiger partial charge in [0, 0.05) is 55.2 Å². The summed E-state index contributed by atoms with van der Waals surface area (Å²) in [6.07, 6.45) is 1.95. The number of ether oxygens (including phenoxy) is 1. The second-order valence-electron chi connectivity index (χ2n) is 9.39. The summed E-state index contributed by atoms with van der Waals surface area (Å²) in [5.41, 5.74) is 6.12. The van der Waals surface area contributed by atoms with Crippen LogP contribution in [0.4, 0.5) is 0 Å². The van der Waals surface area contributed by atoms with Gasteiger partial charge in [-0.1, -0.05) is 60.1 Å². The Morgan fingerprint density at radius 2 is 1.64 bits per heavy atom. The Hall–Kier alpha value is -3.19. The minimum Gasteiger partial charge on any atom is -0.380 e. The molecule has 1 N–H and O–H groups in total. The molecule has 3 aromatic rings. The van der Waals surface area contributed by atoms with Crippen molar-refractivity contribution in [1.82, 2.24) is 19.8 Å². The second-order valence-corrected chi connectivity index (χ2v) is 9.82. The minimum absolute atomic E-state index is 0.0388. The van der Waals surface area contributed by atoms with Crippen molar-refractivity contribution in [3.05, 3.63) is 89.3 Å². The molecule has 3 heterocycles. The van der Waals surface area contributed by atoms with Crippen molar-refractivity contribution in [2.24, 2.45) is 5.92 Å². The molecule has 0 aliphatic carbocycles. The van der Waals surface area contributed by atoms with Crippen LogP contribution in [0.5, 0.6) is 0 Å². The van der Waals surface area contributed by atoms with Gasteiger partial charge in [-0.15, -0.1) is 0 Å². The SMILES string of the molecule is Cc1ccc(-c2ccccc2)cnc(CN2CCN(C(=O)C3COC3)CC2)c(-c2ccc(Cl)cc2)[nH]1. The van der Waals surface area contributed by atoms with Gasteiger partial charge in [-0.25, -0.2) is 0 Å². The van der Waals surface area contributed by atoms with Crippen molar-refractivity contribution < 1.29 is 9.53 Å². The summed E-state index contributed by atoms with van der Waals surface area (Å²) in [5.74, 6) is 0.263. The van der Waals surface area contributed by atoms with Crippen LogP contribution in [-0.2, 0) is 16.1 Å². The first kappa shape index (κ1) is 24.5. The van der Waals surface area contributed by atoms with Crippen molar-refractivity contribution in [1.29, 1.82) is 0 Å². The van der Waals surface area contributed by atoms with E-state index >= 15 is 0 Å². The zero-order valence-corrected chi connectivity index (χ0v) is 21.2. The summed E-state index contributed by atoms with van der Waals surface area (Å²) in [6, 6.07) is 22.3. The molecule has 0 atom stereocenters. The molecule has 0 radical (unpaired) electrons. The smallest absolute Gasteiger partial charge is 0.230 e. The summed E-state index contributed by atoms with van der Waals surface area (Å²) in [6.45, 7) is 6.92. The van der Waals surface area contributed by atoms with Crippen LogP contribution < -0.4 is 0 Å². The average Bonchev–Trinajstić information content (AvgIpc) is 2.94. The van der Waals surface area contributed by atoms with E-state index in [4.69, 9.17) is 21.3 Å². The molecule has 186 valence electrons. The highest BCUT2D eigenvalue weighted by Gasteiger charge is 2.32. The Balaban J connectivity index is 1.48. The highest BCUT2D eigenvalue weighted by molar-refractivity contribution is 6.30. The van der Waals surface area contributed by atoms with Crippen LogP contribution in [0.1, 0.15) is 11.4 Å². The maximum absolute atomic E-state index is 12.6. The fraction of sp³-hybridized carbons (Fsp3) is 0.310. The molecule has 6 nitrogen and oxygen atoms in total. The number of carbonyl (C=O) groups excluding carboxylic acids is 1. The normalized spacial score (nSPS) is 16.3. The Kier molecular flexibility index (Phi) is 7.66. The lowest BCUT2D eigenvalue weighted by molar-refractivity contribution is -0.151. The first-order valence-electron chi connectivity index (χ1n) is 12.4. The Morgan fingerprint density at radius 1 is 0.944 bits per heavy atom. The number of carbonyl (C=O) groups is 1. The molecule has 0 saturated carbocycles. The Morgan fingerprint density at radius 3 is 2.31 bits per heavy atom. The number of aromatic amines is 1. The molecule has 7 heteroatoms. The molecule has 2 saturated heterocycles. The summed E-state index contributed by atoms with van der Waals surface area (Å²) >= 11 is 6.18. The predicted octanol–water partition coefficient (Wildman–Crippen LogP) is 5.12. The molecule has 1 amide bonds. The van der Waals surface area contributed by atoms with Crippen LogP contribution in [-0.4, -0.2) is 65.1 Å². The molecule has 36 heavy (non-hydrogen) atoms. The van der Waals surface area contributed by atoms with Gasteiger partial charge in [0.05, 0.1) is 30.5 Å². The molecule has 1 aromatic heterocycles. The molecule has 2 aliphatic rings. The first-order valence-corrected chi connectivity index (χ1v) is 12.8. The quantitative estimate of drug-likeness (QED) is 0.526. The van der Waals surface area contributed by atoms with E-state index in [2.05, 4.69) is 41.1 Å². The van der Waals surface area contributed by atoms with Crippen LogP contribution in [0.25, 0.3) is 22.4 Å². The number of hydrogen-bond donors (Lipinski definition) is 1. The van der Waals surface area contributed by atoms with E-state index in [9.17, 15) is 4.79 Å². The number of benzene rings is 2. The number of aromatic nitrogens is 2. The van der Waals surface area contributed by atoms with Gasteiger partial charge in [0.15, 0.2) is 0 Å². The molecule has 2 fully saturated rings. The topological polar surface area (TPSA) is 61.5 Å². The van der Waals surface area contributed by atoms with Gasteiger partial charge < -0.3 is 14.6 Å². The van der Waals surface area contributed by atoms with Gasteiger partial charge in [-0.3, -0.25) is 14.7 Å². The third-order valence-electron chi connectivity index (χ3n) is 6.77. The fourth-order valence-electron chi connectivity index (χ4n) is 4.53. The molecule has 0 spiro atoms. The zero-order chi connectivity index (χ0) is 24.9. The van der Waals surface area contributed by atoms with Gasteiger partial charge >= 0.3 is 0 Å². The number of hydrogen-bond acceptors (Lipinski definition) is 4. The van der Waals surface area contributed by atoms with Gasteiger partial charge in [0.1, 0.15) is 0 Å². The number of amides is 1. The highest BCUT2D eigenvalue weighted by atomic mass is 35.5. The lowest BCUT2D eigenvalue weighted by atomic mass is 10.1. The number of nitrogens with zero attached hydrogens (tertiary/aromatic N) is 3. The third-order valence-corrected chi connectivity index (χ3v) is 7.02. The van der Waals surface area contributed by atoms with E-state index in [0.717, 1.165) is 60.0 Å². The molecule has 2 aliphatic heterocycles. The summed E-state index contributed by atoms with van der Waals surface area (Å²) in [5, 5.41) is 0.699. The largest absolute Gasteiger partial charge is 0.380 e. The van der Waals surface area contributed by atoms with Gasteiger partial charge in [0.2, 0.25) is 5.91 Å². The lowest BCUT2D eigenvalue weighted by Crippen LogP contribution is -2.53. The number of piperazine rings is 1. The monoisotopic (exact) mass is 502 g/mol. The standard InChI is InChI=1S/C29H31ClN4O2/c1-21-7-8-24(22-5-3-2-4-6-22)17-31-27(28(32-21)23-9-11-26(30)12-10-23)18-33-13-15-34(16-14-33)29(35)25-19-36-20-25/h2-12,17,25,32H,13-16,18-20H2,1H3. The van der Waals surface area contributed by atoms with Gasteiger partial charge in [0.25, 0.3) is 0 Å². The van der Waals surface area contributed by atoms with E-state index in [0.29, 0.717) is 24.8 Å². The first-order chi connectivity index (χ1) is 17.6. The summed E-state index contributed by atoms with van der Waals surface area (Å²) in [7, 11) is 0. The van der Waals surface area contributed by atoms with Crippen molar-refractivity contribution in [2.75, 3.05) is 39.4 Å². The van der Waals surface area contributed by atoms with E-state index in [1.165, 1.54) is 0 Å². The number of rotatable bonds is 5. The minimum atomic E-state index is 0.0388. The molecule has 0 bridgehead atoms. The lowest BCUT2D eigenvalue weighted by Gasteiger charge is -2.38. The van der Waals surface area contributed by atoms with Gasteiger partial charge in [-0.05, 0) is 36.2 Å². The third kappa shape index (κ3) is 5.78. The summed E-state index contributed by atoms with van der Waals surface area (Å²) in [4.78, 5) is 25.6. The van der Waals surface area contributed by atoms with Crippen LogP contribution in [0, 0.1) is 12.8 Å². The fourth-order valence-corrected chi connectivity index (χ4v) is 4.66. The van der Waals surface area contributed by atoms with E-state index in [1.54, 1.807) is 0 Å². The van der Waals surface area contributed by atoms with E-state index < -0.39 is 0 Å². The van der Waals surface area contributed by atoms with E-state index in [-0.39, 0.29) is 11.8 Å². The van der Waals surface area contributed by atoms with Crippen molar-refractivity contribution in [3.63, 3.8) is 0 Å². The molecule has 2 aromatic carbocycles. The molecular weight excluding hydrogens is 472 g/mol. The van der Waals surface area contributed by atoms with Crippen LogP contribution >= 0.6 is 11.6 Å². The van der Waals surface area contributed by atoms with Crippen molar-refractivity contribution >= 4 is 17.5 Å². The van der Waals surface area contributed by atoms with Crippen molar-refractivity contribution in [2.45, 2.75) is 13.5 Å². The number of H-pyrrole nitrogens is 1. The van der Waals surface area contributed by atoms with Crippen LogP contribution in [0.2, 0.25) is 5.02 Å². The van der Waals surface area contributed by atoms with Gasteiger partial charge in [-0.2, -0.15) is 0 Å². The zero-order valence-electron chi connectivity index (χ0n) is 20.5.